The highest BCUT2D eigenvalue weighted by molar-refractivity contribution is 7.98. The lowest BCUT2D eigenvalue weighted by Crippen LogP contribution is -2.00. The van der Waals surface area contributed by atoms with Gasteiger partial charge in [-0.05, 0) is 30.7 Å². The molecular formula is C14H24N2S. The Morgan fingerprint density at radius 1 is 1.24 bits per heavy atom. The molecule has 1 aromatic rings. The minimum absolute atomic E-state index is 1.03. The molecule has 1 N–H and O–H groups in total. The summed E-state index contributed by atoms with van der Waals surface area (Å²) >= 11 is 1.99. The number of nitrogens with one attached hydrogen (secondary N) is 1. The quantitative estimate of drug-likeness (QED) is 0.662. The van der Waals surface area contributed by atoms with E-state index in [1.54, 1.807) is 0 Å². The summed E-state index contributed by atoms with van der Waals surface area (Å²) in [6, 6.07) is 4.21. The third-order valence-electron chi connectivity index (χ3n) is 2.54. The van der Waals surface area contributed by atoms with Crippen molar-refractivity contribution in [2.24, 2.45) is 0 Å². The van der Waals surface area contributed by atoms with Gasteiger partial charge in [0, 0.05) is 24.2 Å². The molecule has 0 atom stereocenters. The van der Waals surface area contributed by atoms with Crippen molar-refractivity contribution in [2.75, 3.05) is 17.6 Å². The summed E-state index contributed by atoms with van der Waals surface area (Å²) < 4.78 is 0. The minimum atomic E-state index is 1.03. The van der Waals surface area contributed by atoms with E-state index in [0.29, 0.717) is 0 Å². The van der Waals surface area contributed by atoms with Gasteiger partial charge in [0.05, 0.1) is 5.69 Å². The number of aromatic nitrogens is 1. The molecule has 0 amide bonds. The van der Waals surface area contributed by atoms with Gasteiger partial charge >= 0.3 is 0 Å². The summed E-state index contributed by atoms with van der Waals surface area (Å²) in [5, 5.41) is 3.40. The van der Waals surface area contributed by atoms with E-state index < -0.39 is 0 Å². The molecule has 0 aliphatic heterocycles. The maximum Gasteiger partial charge on any atom is 0.0523 e. The van der Waals surface area contributed by atoms with Gasteiger partial charge in [-0.15, -0.1) is 0 Å². The van der Waals surface area contributed by atoms with Crippen molar-refractivity contribution in [2.45, 2.75) is 45.3 Å². The fraction of sp³-hybridized carbons (Fsp3) is 0.643. The number of hydrogen-bond acceptors (Lipinski definition) is 3. The zero-order valence-corrected chi connectivity index (χ0v) is 11.9. The van der Waals surface area contributed by atoms with E-state index >= 15 is 0 Å². The third-order valence-corrected chi connectivity index (χ3v) is 3.62. The fourth-order valence-corrected chi connectivity index (χ4v) is 2.49. The third kappa shape index (κ3) is 6.57. The summed E-state index contributed by atoms with van der Waals surface area (Å²) in [7, 11) is 0. The highest BCUT2D eigenvalue weighted by Gasteiger charge is 1.97. The van der Waals surface area contributed by atoms with Crippen molar-refractivity contribution in [1.29, 1.82) is 0 Å². The van der Waals surface area contributed by atoms with Gasteiger partial charge < -0.3 is 5.32 Å². The first kappa shape index (κ1) is 14.4. The number of anilines is 1. The molecule has 0 radical (unpaired) electrons. The molecule has 0 aromatic carbocycles. The van der Waals surface area contributed by atoms with Gasteiger partial charge in [0.15, 0.2) is 0 Å². The number of thioether (sulfide) groups is 1. The van der Waals surface area contributed by atoms with Crippen LogP contribution in [0.25, 0.3) is 0 Å². The first-order valence-corrected chi connectivity index (χ1v) is 7.78. The highest BCUT2D eigenvalue weighted by atomic mass is 32.2. The van der Waals surface area contributed by atoms with Gasteiger partial charge in [-0.2, -0.15) is 11.8 Å². The average Bonchev–Trinajstić information content (AvgIpc) is 2.37. The Kier molecular flexibility index (Phi) is 7.89. The maximum absolute atomic E-state index is 4.40. The molecule has 1 aromatic heterocycles. The zero-order chi connectivity index (χ0) is 12.3. The molecule has 1 heterocycles. The second-order valence-corrected chi connectivity index (χ2v) is 5.33. The molecule has 2 nitrogen and oxygen atoms in total. The normalized spacial score (nSPS) is 10.5. The van der Waals surface area contributed by atoms with Crippen molar-refractivity contribution < 1.29 is 0 Å². The van der Waals surface area contributed by atoms with Crippen molar-refractivity contribution in [1.82, 2.24) is 4.98 Å². The molecule has 0 fully saturated rings. The van der Waals surface area contributed by atoms with E-state index in [9.17, 15) is 0 Å². The van der Waals surface area contributed by atoms with Crippen LogP contribution in [0, 0.1) is 0 Å². The Labute approximate surface area is 110 Å². The van der Waals surface area contributed by atoms with Crippen LogP contribution in [0.15, 0.2) is 18.3 Å². The standard InChI is InChI=1S/C14H24N2S/c1-3-5-6-10-17-12-14-11-13(7-9-16-14)15-8-4-2/h7,9,11H,3-6,8,10,12H2,1-2H3,(H,15,16). The maximum atomic E-state index is 4.40. The Hall–Kier alpha value is -0.700. The lowest BCUT2D eigenvalue weighted by atomic mass is 10.3. The lowest BCUT2D eigenvalue weighted by Gasteiger charge is -2.06. The summed E-state index contributed by atoms with van der Waals surface area (Å²) in [6.45, 7) is 5.46. The van der Waals surface area contributed by atoms with E-state index in [0.717, 1.165) is 18.7 Å². The second-order valence-electron chi connectivity index (χ2n) is 4.22. The Morgan fingerprint density at radius 2 is 2.12 bits per heavy atom. The first-order valence-electron chi connectivity index (χ1n) is 6.63. The van der Waals surface area contributed by atoms with Crippen molar-refractivity contribution in [3.05, 3.63) is 24.0 Å². The molecular weight excluding hydrogens is 228 g/mol. The molecule has 3 heteroatoms. The van der Waals surface area contributed by atoms with E-state index in [1.165, 1.54) is 36.4 Å². The van der Waals surface area contributed by atoms with Gasteiger partial charge in [-0.1, -0.05) is 26.7 Å². The molecule has 17 heavy (non-hydrogen) atoms. The van der Waals surface area contributed by atoms with Crippen LogP contribution in [0.3, 0.4) is 0 Å². The van der Waals surface area contributed by atoms with E-state index in [1.807, 2.05) is 24.0 Å². The minimum Gasteiger partial charge on any atom is -0.385 e. The first-order chi connectivity index (χ1) is 8.36. The number of rotatable bonds is 9. The highest BCUT2D eigenvalue weighted by Crippen LogP contribution is 2.15. The summed E-state index contributed by atoms with van der Waals surface area (Å²) in [5.41, 5.74) is 2.39. The molecule has 96 valence electrons. The van der Waals surface area contributed by atoms with Crippen LogP contribution in [0.1, 0.15) is 45.2 Å². The summed E-state index contributed by atoms with van der Waals surface area (Å²) in [6.07, 6.45) is 7.03. The molecule has 0 spiro atoms. The second kappa shape index (κ2) is 9.34. The fourth-order valence-electron chi connectivity index (χ4n) is 1.57. The molecule has 0 aliphatic carbocycles. The van der Waals surface area contributed by atoms with Crippen molar-refractivity contribution in [3.8, 4) is 0 Å². The smallest absolute Gasteiger partial charge is 0.0523 e. The van der Waals surface area contributed by atoms with Crippen LogP contribution in [0.2, 0.25) is 0 Å². The summed E-state index contributed by atoms with van der Waals surface area (Å²) in [4.78, 5) is 4.40. The number of unbranched alkanes of at least 4 members (excludes halogenated alkanes) is 2. The SMILES string of the molecule is CCCCCSCc1cc(NCCC)ccn1. The number of pyridine rings is 1. The predicted octanol–water partition coefficient (Wildman–Crippen LogP) is 4.33. The van der Waals surface area contributed by atoms with Gasteiger partial charge in [-0.25, -0.2) is 0 Å². The van der Waals surface area contributed by atoms with Gasteiger partial charge in [0.25, 0.3) is 0 Å². The largest absolute Gasteiger partial charge is 0.385 e. The van der Waals surface area contributed by atoms with Gasteiger partial charge in [-0.3, -0.25) is 4.98 Å². The molecule has 0 aliphatic rings. The molecule has 0 saturated heterocycles. The topological polar surface area (TPSA) is 24.9 Å². The van der Waals surface area contributed by atoms with Gasteiger partial charge in [0.1, 0.15) is 0 Å². The van der Waals surface area contributed by atoms with Crippen LogP contribution in [-0.4, -0.2) is 17.3 Å². The van der Waals surface area contributed by atoms with E-state index in [4.69, 9.17) is 0 Å². The monoisotopic (exact) mass is 252 g/mol. The molecule has 0 unspecified atom stereocenters. The van der Waals surface area contributed by atoms with Gasteiger partial charge in [0.2, 0.25) is 0 Å². The zero-order valence-electron chi connectivity index (χ0n) is 11.0. The lowest BCUT2D eigenvalue weighted by molar-refractivity contribution is 0.778. The van der Waals surface area contributed by atoms with Crippen LogP contribution >= 0.6 is 11.8 Å². The predicted molar refractivity (Wildman–Crippen MR) is 78.7 cm³/mol. The Bertz CT molecular complexity index is 302. The number of hydrogen-bond donors (Lipinski definition) is 1. The average molecular weight is 252 g/mol. The van der Waals surface area contributed by atoms with Crippen molar-refractivity contribution >= 4 is 17.4 Å². The van der Waals surface area contributed by atoms with Crippen molar-refractivity contribution in [3.63, 3.8) is 0 Å². The van der Waals surface area contributed by atoms with Crippen LogP contribution in [0.4, 0.5) is 5.69 Å². The van der Waals surface area contributed by atoms with E-state index in [-0.39, 0.29) is 0 Å². The van der Waals surface area contributed by atoms with Crippen LogP contribution in [0.5, 0.6) is 0 Å². The molecule has 0 bridgehead atoms. The summed E-state index contributed by atoms with van der Waals surface area (Å²) in [5.74, 6) is 2.29. The Balaban J connectivity index is 2.27. The molecule has 1 rings (SSSR count). The van der Waals surface area contributed by atoms with Crippen LogP contribution in [-0.2, 0) is 5.75 Å². The Morgan fingerprint density at radius 3 is 2.88 bits per heavy atom. The molecule has 0 saturated carbocycles. The number of nitrogens with zero attached hydrogens (tertiary/aromatic N) is 1. The van der Waals surface area contributed by atoms with Crippen LogP contribution < -0.4 is 5.32 Å². The van der Waals surface area contributed by atoms with E-state index in [2.05, 4.69) is 30.2 Å².